The van der Waals surface area contributed by atoms with Crippen LogP contribution in [0, 0.1) is 5.92 Å². The van der Waals surface area contributed by atoms with Crippen LogP contribution < -0.4 is 24.2 Å². The van der Waals surface area contributed by atoms with Gasteiger partial charge in [0.2, 0.25) is 5.91 Å². The van der Waals surface area contributed by atoms with E-state index in [0.717, 1.165) is 24.2 Å². The number of esters is 1. The highest BCUT2D eigenvalue weighted by Crippen LogP contribution is 2.24. The zero-order valence-corrected chi connectivity index (χ0v) is 20.3. The van der Waals surface area contributed by atoms with E-state index in [1.165, 1.54) is 17.8 Å². The molecule has 1 aromatic carbocycles. The Morgan fingerprint density at radius 2 is 1.91 bits per heavy atom. The molecule has 1 aromatic heterocycles. The lowest BCUT2D eigenvalue weighted by Gasteiger charge is -2.30. The lowest BCUT2D eigenvalue weighted by atomic mass is 9.99. The maximum Gasteiger partial charge on any atom is 0.333 e. The van der Waals surface area contributed by atoms with Crippen molar-refractivity contribution in [1.82, 2.24) is 9.47 Å². The van der Waals surface area contributed by atoms with Crippen molar-refractivity contribution < 1.29 is 23.8 Å². The fraction of sp³-hybridized carbons (Fsp3) is 0.458. The van der Waals surface area contributed by atoms with Crippen LogP contribution in [0.4, 0.5) is 0 Å². The molecule has 1 saturated heterocycles. The second-order valence-corrected chi connectivity index (χ2v) is 8.97. The molecule has 1 amide bonds. The number of ether oxygens (including phenoxy) is 3. The Bertz CT molecular complexity index is 1170. The number of carbonyl (C=O) groups excluding carboxylic acids is 2. The molecule has 2 aromatic rings. The summed E-state index contributed by atoms with van der Waals surface area (Å²) in [7, 11) is 3.10. The Morgan fingerprint density at radius 1 is 1.18 bits per heavy atom. The summed E-state index contributed by atoms with van der Waals surface area (Å²) in [6, 6.07) is 5.29. The number of amides is 1. The number of hydrogen-bond donors (Lipinski definition) is 0. The quantitative estimate of drug-likeness (QED) is 0.563. The molecule has 9 heteroatoms. The first-order valence-corrected chi connectivity index (χ1v) is 11.8. The van der Waals surface area contributed by atoms with E-state index in [2.05, 4.69) is 6.92 Å². The van der Waals surface area contributed by atoms with Crippen LogP contribution in [0.15, 0.2) is 23.0 Å². The average molecular weight is 475 g/mol. The minimum Gasteiger partial charge on any atom is -0.497 e. The van der Waals surface area contributed by atoms with E-state index >= 15 is 0 Å². The monoisotopic (exact) mass is 474 g/mol. The third-order valence-corrected chi connectivity index (χ3v) is 6.68. The summed E-state index contributed by atoms with van der Waals surface area (Å²) < 4.78 is 17.8. The second kappa shape index (κ2) is 11.2. The molecular formula is C24H30N2O6S. The van der Waals surface area contributed by atoms with Gasteiger partial charge in [-0.25, -0.2) is 4.79 Å². The van der Waals surface area contributed by atoms with Crippen LogP contribution in [-0.4, -0.2) is 55.3 Å². The highest BCUT2D eigenvalue weighted by molar-refractivity contribution is 7.07. The van der Waals surface area contributed by atoms with Gasteiger partial charge in [0.15, 0.2) is 0 Å². The van der Waals surface area contributed by atoms with E-state index in [4.69, 9.17) is 14.2 Å². The van der Waals surface area contributed by atoms with Gasteiger partial charge < -0.3 is 19.1 Å². The number of thiazole rings is 1. The number of piperidine rings is 1. The van der Waals surface area contributed by atoms with E-state index in [-0.39, 0.29) is 24.6 Å². The van der Waals surface area contributed by atoms with Crippen LogP contribution in [-0.2, 0) is 20.9 Å². The highest BCUT2D eigenvalue weighted by atomic mass is 32.1. The van der Waals surface area contributed by atoms with Crippen molar-refractivity contribution in [2.45, 2.75) is 33.2 Å². The Morgan fingerprint density at radius 3 is 2.55 bits per heavy atom. The molecule has 0 saturated carbocycles. The summed E-state index contributed by atoms with van der Waals surface area (Å²) in [6.07, 6.45) is 4.85. The van der Waals surface area contributed by atoms with Crippen molar-refractivity contribution in [3.05, 3.63) is 43.3 Å². The topological polar surface area (TPSA) is 87.1 Å². The minimum absolute atomic E-state index is 0.122. The lowest BCUT2D eigenvalue weighted by molar-refractivity contribution is -0.136. The van der Waals surface area contributed by atoms with E-state index < -0.39 is 5.97 Å². The molecule has 0 N–H and O–H groups in total. The molecule has 33 heavy (non-hydrogen) atoms. The van der Waals surface area contributed by atoms with E-state index in [9.17, 15) is 14.4 Å². The van der Waals surface area contributed by atoms with Crippen LogP contribution in [0.2, 0.25) is 0 Å². The van der Waals surface area contributed by atoms with Gasteiger partial charge in [-0.05, 0) is 43.9 Å². The Kier molecular flexibility index (Phi) is 8.32. The van der Waals surface area contributed by atoms with Gasteiger partial charge in [-0.15, -0.1) is 11.3 Å². The number of aromatic nitrogens is 1. The number of hydrogen-bond acceptors (Lipinski definition) is 7. The molecule has 3 rings (SSSR count). The van der Waals surface area contributed by atoms with Crippen molar-refractivity contribution in [2.75, 3.05) is 33.9 Å². The smallest absolute Gasteiger partial charge is 0.333 e. The number of likely N-dealkylation sites (tertiary alicyclic amines) is 1. The maximum atomic E-state index is 13.3. The Hall–Kier alpha value is -3.07. The Balaban J connectivity index is 2.04. The molecule has 0 atom stereocenters. The number of benzene rings is 1. The number of rotatable bonds is 7. The predicted octanol–water partition coefficient (Wildman–Crippen LogP) is 1.36. The first-order valence-electron chi connectivity index (χ1n) is 11.0. The summed E-state index contributed by atoms with van der Waals surface area (Å²) in [5, 5.41) is 0. The van der Waals surface area contributed by atoms with Crippen molar-refractivity contribution >= 4 is 35.4 Å². The largest absolute Gasteiger partial charge is 0.497 e. The Labute approximate surface area is 196 Å². The number of nitrogens with zero attached hydrogens (tertiary/aromatic N) is 2. The average Bonchev–Trinajstić information content (AvgIpc) is 3.08. The molecule has 0 unspecified atom stereocenters. The normalized spacial score (nSPS) is 15.6. The van der Waals surface area contributed by atoms with Gasteiger partial charge in [0, 0.05) is 24.7 Å². The molecule has 2 heterocycles. The lowest BCUT2D eigenvalue weighted by Crippen LogP contribution is -2.43. The molecule has 0 radical (unpaired) electrons. The van der Waals surface area contributed by atoms with Gasteiger partial charge in [0.25, 0.3) is 5.56 Å². The number of methoxy groups -OCH3 is 2. The van der Waals surface area contributed by atoms with Crippen LogP contribution in [0.5, 0.6) is 11.5 Å². The fourth-order valence-corrected chi connectivity index (χ4v) is 4.67. The van der Waals surface area contributed by atoms with Crippen LogP contribution in [0.1, 0.15) is 32.3 Å². The SMILES string of the molecule is CCOC(=O)C=c1sc(=Cc2ccc(OC)cc2OC)c(=O)n1CC(=O)N1CCC(C)CC1. The molecule has 178 valence electrons. The van der Waals surface area contributed by atoms with Gasteiger partial charge in [0.05, 0.1) is 31.4 Å². The molecule has 1 aliphatic rings. The molecule has 0 aliphatic carbocycles. The van der Waals surface area contributed by atoms with Gasteiger partial charge in [-0.2, -0.15) is 0 Å². The predicted molar refractivity (Wildman–Crippen MR) is 127 cm³/mol. The summed E-state index contributed by atoms with van der Waals surface area (Å²) >= 11 is 1.13. The highest BCUT2D eigenvalue weighted by Gasteiger charge is 2.21. The molecule has 1 fully saturated rings. The minimum atomic E-state index is -0.555. The van der Waals surface area contributed by atoms with Crippen molar-refractivity contribution in [3.63, 3.8) is 0 Å². The molecular weight excluding hydrogens is 444 g/mol. The van der Waals surface area contributed by atoms with E-state index in [1.54, 1.807) is 43.2 Å². The third-order valence-electron chi connectivity index (χ3n) is 5.62. The van der Waals surface area contributed by atoms with Crippen molar-refractivity contribution in [2.24, 2.45) is 5.92 Å². The van der Waals surface area contributed by atoms with Gasteiger partial charge in [-0.3, -0.25) is 14.2 Å². The molecule has 1 aliphatic heterocycles. The summed E-state index contributed by atoms with van der Waals surface area (Å²) in [6.45, 7) is 5.34. The molecule has 8 nitrogen and oxygen atoms in total. The standard InChI is InChI=1S/C24H30N2O6S/c1-5-32-23(28)14-22-26(15-21(27)25-10-8-16(2)9-11-25)24(29)20(33-22)12-17-6-7-18(30-3)13-19(17)31-4/h6-7,12-14,16H,5,8-11,15H2,1-4H3. The summed E-state index contributed by atoms with van der Waals surface area (Å²) in [5.74, 6) is 1.08. The second-order valence-electron chi connectivity index (χ2n) is 7.91. The van der Waals surface area contributed by atoms with Gasteiger partial charge in [-0.1, -0.05) is 6.92 Å². The first kappa shape index (κ1) is 24.6. The summed E-state index contributed by atoms with van der Waals surface area (Å²) in [4.78, 5) is 40.1. The van der Waals surface area contributed by atoms with E-state index in [0.29, 0.717) is 45.3 Å². The number of carbonyl (C=O) groups is 2. The zero-order chi connectivity index (χ0) is 24.0. The van der Waals surface area contributed by atoms with E-state index in [1.807, 2.05) is 0 Å². The first-order chi connectivity index (χ1) is 15.9. The third kappa shape index (κ3) is 6.04. The maximum absolute atomic E-state index is 13.3. The van der Waals surface area contributed by atoms with Gasteiger partial charge >= 0.3 is 5.97 Å². The van der Waals surface area contributed by atoms with Crippen LogP contribution >= 0.6 is 11.3 Å². The van der Waals surface area contributed by atoms with Crippen molar-refractivity contribution in [3.8, 4) is 11.5 Å². The zero-order valence-electron chi connectivity index (χ0n) is 19.5. The van der Waals surface area contributed by atoms with Crippen LogP contribution in [0.3, 0.4) is 0 Å². The van der Waals surface area contributed by atoms with Crippen molar-refractivity contribution in [1.29, 1.82) is 0 Å². The fourth-order valence-electron chi connectivity index (χ4n) is 3.65. The van der Waals surface area contributed by atoms with Gasteiger partial charge in [0.1, 0.15) is 22.7 Å². The molecule has 0 bridgehead atoms. The summed E-state index contributed by atoms with van der Waals surface area (Å²) in [5.41, 5.74) is 0.343. The molecule has 0 spiro atoms. The van der Waals surface area contributed by atoms with Crippen LogP contribution in [0.25, 0.3) is 12.2 Å².